The van der Waals surface area contributed by atoms with Crippen LogP contribution in [0.3, 0.4) is 0 Å². The fourth-order valence-corrected chi connectivity index (χ4v) is 2.25. The van der Waals surface area contributed by atoms with Crippen LogP contribution >= 0.6 is 34.8 Å². The molecule has 4 aromatic heterocycles. The van der Waals surface area contributed by atoms with E-state index < -0.39 is 0 Å². The van der Waals surface area contributed by atoms with Crippen molar-refractivity contribution in [3.8, 4) is 0 Å². The van der Waals surface area contributed by atoms with Crippen LogP contribution in [-0.2, 0) is 0 Å². The predicted molar refractivity (Wildman–Crippen MR) is 113 cm³/mol. The minimum Gasteiger partial charge on any atom is -0.382 e. The van der Waals surface area contributed by atoms with E-state index in [9.17, 15) is 0 Å². The number of aromatic amines is 2. The molecule has 0 spiro atoms. The summed E-state index contributed by atoms with van der Waals surface area (Å²) >= 11 is 16.4. The molecule has 0 bridgehead atoms. The number of nitrogens with one attached hydrogen (secondary N) is 3. The molecule has 4 aromatic rings. The molecule has 0 saturated carbocycles. The number of hydrogen-bond acceptors (Lipinski definition) is 8. The van der Waals surface area contributed by atoms with Crippen LogP contribution in [-0.4, -0.2) is 40.3 Å². The zero-order valence-electron chi connectivity index (χ0n) is 15.4. The molecule has 0 aliphatic carbocycles. The first-order valence-electron chi connectivity index (χ1n) is 8.01. The highest BCUT2D eigenvalue weighted by molar-refractivity contribution is 6.31. The lowest BCUT2D eigenvalue weighted by Crippen LogP contribution is -1.94. The molecule has 0 fully saturated rings. The van der Waals surface area contributed by atoms with Gasteiger partial charge < -0.3 is 11.1 Å². The number of nitrogens with zero attached hydrogens (tertiary/aromatic N) is 6. The fourth-order valence-electron chi connectivity index (χ4n) is 1.77. The molecule has 4 rings (SSSR count). The van der Waals surface area contributed by atoms with Crippen LogP contribution in [0.5, 0.6) is 0 Å². The standard InChI is InChI=1S/C8H8ClN5.C4H2Cl2N2.C4H7N3/c1-5-4-7(14-13-5)11-6-2-3-10-8(9)12-6;5-3-1-2-7-4(6)8-3;1-3-2-4(5)7-6-3/h2-4H,1H3,(H2,10,11,12,13,14);1-2H;2H,1H3,(H3,5,6,7). The quantitative estimate of drug-likeness (QED) is 0.262. The van der Waals surface area contributed by atoms with Gasteiger partial charge in [-0.25, -0.2) is 19.9 Å². The summed E-state index contributed by atoms with van der Waals surface area (Å²) in [5.74, 6) is 1.88. The Morgan fingerprint density at radius 3 is 1.86 bits per heavy atom. The summed E-state index contributed by atoms with van der Waals surface area (Å²) in [6, 6.07) is 6.93. The second kappa shape index (κ2) is 11.1. The van der Waals surface area contributed by atoms with Crippen molar-refractivity contribution in [1.82, 2.24) is 40.3 Å². The third-order valence-electron chi connectivity index (χ3n) is 2.91. The first kappa shape index (κ1) is 22.3. The summed E-state index contributed by atoms with van der Waals surface area (Å²) in [6.07, 6.45) is 3.08. The van der Waals surface area contributed by atoms with Gasteiger partial charge in [0.05, 0.1) is 0 Å². The molecule has 0 atom stereocenters. The first-order chi connectivity index (χ1) is 13.8. The molecule has 0 saturated heterocycles. The molecule has 0 aliphatic rings. The molecule has 10 nitrogen and oxygen atoms in total. The van der Waals surface area contributed by atoms with Gasteiger partial charge in [0, 0.05) is 35.9 Å². The lowest BCUT2D eigenvalue weighted by Gasteiger charge is -1.99. The summed E-state index contributed by atoms with van der Waals surface area (Å²) in [6.45, 7) is 3.83. The maximum Gasteiger partial charge on any atom is 0.224 e. The topological polar surface area (TPSA) is 147 Å². The van der Waals surface area contributed by atoms with E-state index in [-0.39, 0.29) is 10.6 Å². The second-order valence-electron chi connectivity index (χ2n) is 5.40. The normalized spacial score (nSPS) is 9.69. The molecule has 0 aromatic carbocycles. The van der Waals surface area contributed by atoms with Gasteiger partial charge in [-0.3, -0.25) is 10.2 Å². The van der Waals surface area contributed by atoms with E-state index in [2.05, 4.69) is 45.6 Å². The predicted octanol–water partition coefficient (Wildman–Crippen LogP) is 3.99. The van der Waals surface area contributed by atoms with Crippen molar-refractivity contribution >= 4 is 52.3 Å². The molecule has 0 radical (unpaired) electrons. The van der Waals surface area contributed by atoms with Crippen molar-refractivity contribution in [2.24, 2.45) is 0 Å². The summed E-state index contributed by atoms with van der Waals surface area (Å²) in [7, 11) is 0. The van der Waals surface area contributed by atoms with Crippen molar-refractivity contribution in [2.75, 3.05) is 11.1 Å². The Labute approximate surface area is 181 Å². The zero-order chi connectivity index (χ0) is 21.2. The van der Waals surface area contributed by atoms with Gasteiger partial charge in [0.1, 0.15) is 16.8 Å². The molecule has 13 heteroatoms. The van der Waals surface area contributed by atoms with Crippen LogP contribution in [0.2, 0.25) is 15.7 Å². The third kappa shape index (κ3) is 8.73. The zero-order valence-corrected chi connectivity index (χ0v) is 17.6. The number of aryl methyl sites for hydroxylation is 2. The lowest BCUT2D eigenvalue weighted by atomic mass is 10.4. The minimum atomic E-state index is 0.178. The summed E-state index contributed by atoms with van der Waals surface area (Å²) < 4.78 is 0. The summed E-state index contributed by atoms with van der Waals surface area (Å²) in [5.41, 5.74) is 7.21. The molecule has 0 amide bonds. The largest absolute Gasteiger partial charge is 0.382 e. The Morgan fingerprint density at radius 1 is 0.828 bits per heavy atom. The van der Waals surface area contributed by atoms with Crippen LogP contribution in [0.1, 0.15) is 11.4 Å². The van der Waals surface area contributed by atoms with Gasteiger partial charge in [-0.2, -0.15) is 10.2 Å². The monoisotopic (exact) mass is 454 g/mol. The molecule has 5 N–H and O–H groups in total. The van der Waals surface area contributed by atoms with Crippen molar-refractivity contribution < 1.29 is 0 Å². The Morgan fingerprint density at radius 2 is 1.45 bits per heavy atom. The molecule has 0 aliphatic heterocycles. The SMILES string of the molecule is Cc1cc(N)n[nH]1.Cc1cc(Nc2ccnc(Cl)n2)n[nH]1.Clc1ccnc(Cl)n1. The van der Waals surface area contributed by atoms with Crippen LogP contribution in [0.15, 0.2) is 36.7 Å². The third-order valence-corrected chi connectivity index (χ3v) is 3.48. The number of anilines is 3. The number of nitrogen functional groups attached to an aromatic ring is 1. The van der Waals surface area contributed by atoms with E-state index in [4.69, 9.17) is 40.5 Å². The molecule has 152 valence electrons. The Balaban J connectivity index is 0.000000170. The highest BCUT2D eigenvalue weighted by atomic mass is 35.5. The average molecular weight is 456 g/mol. The minimum absolute atomic E-state index is 0.178. The van der Waals surface area contributed by atoms with Crippen molar-refractivity contribution in [3.05, 3.63) is 63.8 Å². The number of nitrogens with two attached hydrogens (primary N) is 1. The van der Waals surface area contributed by atoms with Gasteiger partial charge in [0.15, 0.2) is 5.82 Å². The van der Waals surface area contributed by atoms with E-state index in [0.717, 1.165) is 11.4 Å². The van der Waals surface area contributed by atoms with Gasteiger partial charge in [-0.05, 0) is 49.2 Å². The van der Waals surface area contributed by atoms with Crippen LogP contribution in [0, 0.1) is 13.8 Å². The Kier molecular flexibility index (Phi) is 8.59. The van der Waals surface area contributed by atoms with Gasteiger partial charge in [0.25, 0.3) is 0 Å². The van der Waals surface area contributed by atoms with E-state index >= 15 is 0 Å². The first-order valence-corrected chi connectivity index (χ1v) is 9.14. The Hall–Kier alpha value is -2.95. The maximum atomic E-state index is 5.63. The number of halogens is 3. The van der Waals surface area contributed by atoms with Crippen molar-refractivity contribution in [1.29, 1.82) is 0 Å². The molecule has 29 heavy (non-hydrogen) atoms. The van der Waals surface area contributed by atoms with Gasteiger partial charge in [-0.1, -0.05) is 11.6 Å². The summed E-state index contributed by atoms with van der Waals surface area (Å²) in [5, 5.41) is 16.9. The van der Waals surface area contributed by atoms with Crippen LogP contribution in [0.25, 0.3) is 0 Å². The average Bonchev–Trinajstić information content (AvgIpc) is 3.23. The van der Waals surface area contributed by atoms with Crippen LogP contribution in [0.4, 0.5) is 17.5 Å². The van der Waals surface area contributed by atoms with E-state index in [0.29, 0.717) is 22.6 Å². The summed E-state index contributed by atoms with van der Waals surface area (Å²) in [4.78, 5) is 14.9. The van der Waals surface area contributed by atoms with E-state index in [1.54, 1.807) is 24.4 Å². The van der Waals surface area contributed by atoms with Gasteiger partial charge in [0.2, 0.25) is 10.6 Å². The Bertz CT molecular complexity index is 999. The van der Waals surface area contributed by atoms with E-state index in [1.807, 2.05) is 19.9 Å². The van der Waals surface area contributed by atoms with Gasteiger partial charge >= 0.3 is 0 Å². The number of rotatable bonds is 2. The highest BCUT2D eigenvalue weighted by Crippen LogP contribution is 2.13. The smallest absolute Gasteiger partial charge is 0.224 e. The fraction of sp³-hybridized carbons (Fsp3) is 0.125. The van der Waals surface area contributed by atoms with Crippen molar-refractivity contribution in [3.63, 3.8) is 0 Å². The van der Waals surface area contributed by atoms with Crippen molar-refractivity contribution in [2.45, 2.75) is 13.8 Å². The molecule has 0 unspecified atom stereocenters. The molecular formula is C16H17Cl3N10. The number of hydrogen-bond donors (Lipinski definition) is 4. The van der Waals surface area contributed by atoms with Crippen LogP contribution < -0.4 is 11.1 Å². The highest BCUT2D eigenvalue weighted by Gasteiger charge is 2.00. The number of H-pyrrole nitrogens is 2. The second-order valence-corrected chi connectivity index (χ2v) is 6.46. The lowest BCUT2D eigenvalue weighted by molar-refractivity contribution is 1.05. The van der Waals surface area contributed by atoms with E-state index in [1.165, 1.54) is 6.20 Å². The maximum absolute atomic E-state index is 5.63. The van der Waals surface area contributed by atoms with Gasteiger partial charge in [-0.15, -0.1) is 0 Å². The number of aromatic nitrogens is 8. The molecular weight excluding hydrogens is 439 g/mol. The molecule has 4 heterocycles.